The molecule has 0 aromatic heterocycles. The molecule has 0 atom stereocenters. The van der Waals surface area contributed by atoms with E-state index in [1.165, 1.54) is 50.5 Å². The third-order valence-electron chi connectivity index (χ3n) is 4.64. The summed E-state index contributed by atoms with van der Waals surface area (Å²) in [5.41, 5.74) is 3.11. The minimum atomic E-state index is 0.787. The summed E-state index contributed by atoms with van der Waals surface area (Å²) in [6.07, 6.45) is 11.2. The minimum Gasteiger partial charge on any atom is -0.494 e. The Kier molecular flexibility index (Phi) is 10.2. The van der Waals surface area contributed by atoms with E-state index in [9.17, 15) is 0 Å². The second-order valence-corrected chi connectivity index (χ2v) is 7.08. The van der Waals surface area contributed by atoms with Gasteiger partial charge < -0.3 is 4.74 Å². The molecule has 0 aliphatic carbocycles. The number of azo groups is 1. The van der Waals surface area contributed by atoms with Crippen molar-refractivity contribution in [2.75, 3.05) is 6.61 Å². The lowest BCUT2D eigenvalue weighted by Gasteiger charge is -2.06. The van der Waals surface area contributed by atoms with Crippen LogP contribution in [0.1, 0.15) is 70.8 Å². The molecule has 0 unspecified atom stereocenters. The molecule has 0 spiro atoms. The van der Waals surface area contributed by atoms with E-state index in [0.717, 1.165) is 36.6 Å². The number of hydrogen-bond donors (Lipinski definition) is 0. The van der Waals surface area contributed by atoms with E-state index in [1.807, 2.05) is 36.4 Å². The summed E-state index contributed by atoms with van der Waals surface area (Å²) in [6, 6.07) is 16.2. The largest absolute Gasteiger partial charge is 0.494 e. The van der Waals surface area contributed by atoms with Gasteiger partial charge >= 0.3 is 0 Å². The van der Waals surface area contributed by atoms with Gasteiger partial charge in [0.25, 0.3) is 0 Å². The first-order chi connectivity index (χ1) is 13.3. The second-order valence-electron chi connectivity index (χ2n) is 7.08. The SMILES string of the molecule is CCCCCCCOc1ccc(N=Nc2ccc(CCCCC)cc2)cc1. The molecule has 3 heteroatoms. The summed E-state index contributed by atoms with van der Waals surface area (Å²) in [4.78, 5) is 0. The molecule has 0 saturated carbocycles. The number of rotatable bonds is 13. The number of nitrogens with zero attached hydrogens (tertiary/aromatic N) is 2. The van der Waals surface area contributed by atoms with Gasteiger partial charge in [0, 0.05) is 0 Å². The zero-order chi connectivity index (χ0) is 19.2. The molecule has 0 radical (unpaired) electrons. The van der Waals surface area contributed by atoms with Crippen molar-refractivity contribution in [1.82, 2.24) is 0 Å². The van der Waals surface area contributed by atoms with Gasteiger partial charge in [-0.1, -0.05) is 64.5 Å². The zero-order valence-electron chi connectivity index (χ0n) is 17.0. The fraction of sp³-hybridized carbons (Fsp3) is 0.500. The van der Waals surface area contributed by atoms with Gasteiger partial charge in [0.2, 0.25) is 0 Å². The standard InChI is InChI=1S/C24H34N2O/c1-3-5-7-8-10-20-27-24-18-16-23(17-19-24)26-25-22-14-12-21(13-15-22)11-9-6-4-2/h12-19H,3-11,20H2,1-2H3. The molecule has 2 aromatic carbocycles. The van der Waals surface area contributed by atoms with Crippen molar-refractivity contribution in [3.63, 3.8) is 0 Å². The normalized spacial score (nSPS) is 11.2. The summed E-state index contributed by atoms with van der Waals surface area (Å²) in [5.74, 6) is 0.904. The maximum absolute atomic E-state index is 5.79. The van der Waals surface area contributed by atoms with Crippen molar-refractivity contribution >= 4 is 11.4 Å². The maximum Gasteiger partial charge on any atom is 0.119 e. The molecule has 0 aliphatic rings. The predicted octanol–water partition coefficient (Wildman–Crippen LogP) is 8.18. The average molecular weight is 367 g/mol. The Morgan fingerprint density at radius 1 is 0.630 bits per heavy atom. The van der Waals surface area contributed by atoms with E-state index >= 15 is 0 Å². The van der Waals surface area contributed by atoms with Crippen molar-refractivity contribution in [2.24, 2.45) is 10.2 Å². The van der Waals surface area contributed by atoms with E-state index in [-0.39, 0.29) is 0 Å². The van der Waals surface area contributed by atoms with Crippen LogP contribution in [-0.4, -0.2) is 6.61 Å². The Hall–Kier alpha value is -2.16. The lowest BCUT2D eigenvalue weighted by atomic mass is 10.1. The Morgan fingerprint density at radius 2 is 1.19 bits per heavy atom. The monoisotopic (exact) mass is 366 g/mol. The lowest BCUT2D eigenvalue weighted by Crippen LogP contribution is -1.96. The Labute approximate surface area is 164 Å². The Bertz CT molecular complexity index is 647. The third kappa shape index (κ3) is 8.85. The summed E-state index contributed by atoms with van der Waals surface area (Å²) < 4.78 is 5.79. The van der Waals surface area contributed by atoms with Crippen molar-refractivity contribution in [3.8, 4) is 5.75 Å². The number of unbranched alkanes of at least 4 members (excludes halogenated alkanes) is 6. The van der Waals surface area contributed by atoms with Crippen LogP contribution in [0.15, 0.2) is 58.8 Å². The first-order valence-electron chi connectivity index (χ1n) is 10.6. The van der Waals surface area contributed by atoms with Crippen LogP contribution in [0.5, 0.6) is 5.75 Å². The Balaban J connectivity index is 1.74. The predicted molar refractivity (Wildman–Crippen MR) is 115 cm³/mol. The van der Waals surface area contributed by atoms with Crippen molar-refractivity contribution < 1.29 is 4.74 Å². The van der Waals surface area contributed by atoms with Crippen LogP contribution in [0.2, 0.25) is 0 Å². The topological polar surface area (TPSA) is 34.0 Å². The molecule has 0 heterocycles. The maximum atomic E-state index is 5.79. The summed E-state index contributed by atoms with van der Waals surface area (Å²) in [5, 5.41) is 8.65. The van der Waals surface area contributed by atoms with Crippen LogP contribution in [0.3, 0.4) is 0 Å². The van der Waals surface area contributed by atoms with E-state index in [2.05, 4.69) is 36.2 Å². The molecular formula is C24H34N2O. The van der Waals surface area contributed by atoms with Gasteiger partial charge in [-0.3, -0.25) is 0 Å². The average Bonchev–Trinajstić information content (AvgIpc) is 2.71. The van der Waals surface area contributed by atoms with Gasteiger partial charge in [-0.25, -0.2) is 0 Å². The number of benzene rings is 2. The quantitative estimate of drug-likeness (QED) is 0.260. The summed E-state index contributed by atoms with van der Waals surface area (Å²) >= 11 is 0. The van der Waals surface area contributed by atoms with Crippen LogP contribution in [0, 0.1) is 0 Å². The molecule has 2 rings (SSSR count). The van der Waals surface area contributed by atoms with Crippen LogP contribution < -0.4 is 4.74 Å². The van der Waals surface area contributed by atoms with Gasteiger partial charge in [-0.2, -0.15) is 10.2 Å². The molecule has 146 valence electrons. The van der Waals surface area contributed by atoms with Gasteiger partial charge in [-0.05, 0) is 61.2 Å². The van der Waals surface area contributed by atoms with Gasteiger partial charge in [0.1, 0.15) is 5.75 Å². The molecule has 2 aromatic rings. The summed E-state index contributed by atoms with van der Waals surface area (Å²) in [7, 11) is 0. The molecule has 0 bridgehead atoms. The van der Waals surface area contributed by atoms with E-state index < -0.39 is 0 Å². The molecule has 3 nitrogen and oxygen atoms in total. The minimum absolute atomic E-state index is 0.787. The first-order valence-corrected chi connectivity index (χ1v) is 10.6. The lowest BCUT2D eigenvalue weighted by molar-refractivity contribution is 0.304. The van der Waals surface area contributed by atoms with Crippen molar-refractivity contribution in [3.05, 3.63) is 54.1 Å². The third-order valence-corrected chi connectivity index (χ3v) is 4.64. The highest BCUT2D eigenvalue weighted by molar-refractivity contribution is 5.43. The number of hydrogen-bond acceptors (Lipinski definition) is 3. The van der Waals surface area contributed by atoms with Gasteiger partial charge in [0.15, 0.2) is 0 Å². The van der Waals surface area contributed by atoms with E-state index in [4.69, 9.17) is 4.74 Å². The molecular weight excluding hydrogens is 332 g/mol. The molecule has 0 N–H and O–H groups in total. The van der Waals surface area contributed by atoms with Crippen LogP contribution in [-0.2, 0) is 6.42 Å². The van der Waals surface area contributed by atoms with Gasteiger partial charge in [0.05, 0.1) is 18.0 Å². The Morgan fingerprint density at radius 3 is 1.81 bits per heavy atom. The highest BCUT2D eigenvalue weighted by atomic mass is 16.5. The second kappa shape index (κ2) is 13.1. The van der Waals surface area contributed by atoms with E-state index in [1.54, 1.807) is 0 Å². The van der Waals surface area contributed by atoms with Crippen LogP contribution in [0.25, 0.3) is 0 Å². The highest BCUT2D eigenvalue weighted by Crippen LogP contribution is 2.22. The smallest absolute Gasteiger partial charge is 0.119 e. The van der Waals surface area contributed by atoms with Gasteiger partial charge in [-0.15, -0.1) is 0 Å². The van der Waals surface area contributed by atoms with Crippen LogP contribution in [0.4, 0.5) is 11.4 Å². The molecule has 0 saturated heterocycles. The molecule has 0 amide bonds. The van der Waals surface area contributed by atoms with E-state index in [0.29, 0.717) is 0 Å². The zero-order valence-corrected chi connectivity index (χ0v) is 17.0. The fourth-order valence-electron chi connectivity index (χ4n) is 2.93. The molecule has 27 heavy (non-hydrogen) atoms. The van der Waals surface area contributed by atoms with Crippen LogP contribution >= 0.6 is 0 Å². The number of ether oxygens (including phenoxy) is 1. The summed E-state index contributed by atoms with van der Waals surface area (Å²) in [6.45, 7) is 5.26. The first kappa shape index (κ1) is 21.1. The van der Waals surface area contributed by atoms with Crippen molar-refractivity contribution in [1.29, 1.82) is 0 Å². The molecule has 0 fully saturated rings. The number of aryl methyl sites for hydroxylation is 1. The highest BCUT2D eigenvalue weighted by Gasteiger charge is 1.97. The molecule has 0 aliphatic heterocycles. The fourth-order valence-corrected chi connectivity index (χ4v) is 2.93. The van der Waals surface area contributed by atoms with Crippen molar-refractivity contribution in [2.45, 2.75) is 71.6 Å².